The predicted octanol–water partition coefficient (Wildman–Crippen LogP) is 1.30. The maximum Gasteiger partial charge on any atom is 0.287 e. The van der Waals surface area contributed by atoms with Gasteiger partial charge in [-0.25, -0.2) is 10.2 Å². The molecule has 7 heteroatoms. The van der Waals surface area contributed by atoms with Gasteiger partial charge >= 0.3 is 0 Å². The number of carbonyl (C=O) groups excluding carboxylic acids is 1. The summed E-state index contributed by atoms with van der Waals surface area (Å²) in [5, 5.41) is 3.58. The number of carbonyl (C=O) groups is 1. The lowest BCUT2D eigenvalue weighted by atomic mass is 10.2. The normalized spacial score (nSPS) is 10.3. The number of hydrogen-bond donors (Lipinski definition) is 2. The van der Waals surface area contributed by atoms with Gasteiger partial charge in [-0.15, -0.1) is 0 Å². The van der Waals surface area contributed by atoms with E-state index in [1.54, 1.807) is 19.1 Å². The van der Waals surface area contributed by atoms with Crippen molar-refractivity contribution in [3.63, 3.8) is 0 Å². The zero-order chi connectivity index (χ0) is 13.8. The Balaban J connectivity index is 2.18. The van der Waals surface area contributed by atoms with Crippen LogP contribution in [-0.4, -0.2) is 11.1 Å². The van der Waals surface area contributed by atoms with Crippen LogP contribution in [-0.2, 0) is 6.61 Å². The van der Waals surface area contributed by atoms with Crippen LogP contribution in [0.5, 0.6) is 5.75 Å². The lowest BCUT2D eigenvalue weighted by Crippen LogP contribution is -2.31. The van der Waals surface area contributed by atoms with E-state index in [2.05, 4.69) is 5.16 Å². The monoisotopic (exact) mass is 265 g/mol. The van der Waals surface area contributed by atoms with E-state index >= 15 is 0 Å². The van der Waals surface area contributed by atoms with E-state index in [4.69, 9.17) is 15.1 Å². The van der Waals surface area contributed by atoms with Crippen LogP contribution in [0.2, 0.25) is 0 Å². The third-order valence-corrected chi connectivity index (χ3v) is 2.54. The van der Waals surface area contributed by atoms with Crippen LogP contribution in [0.25, 0.3) is 0 Å². The number of rotatable bonds is 4. The summed E-state index contributed by atoms with van der Waals surface area (Å²) in [7, 11) is 0. The lowest BCUT2D eigenvalue weighted by molar-refractivity contribution is 0.0942. The summed E-state index contributed by atoms with van der Waals surface area (Å²) >= 11 is 0. The molecule has 3 N–H and O–H groups in total. The van der Waals surface area contributed by atoms with E-state index in [9.17, 15) is 9.18 Å². The van der Waals surface area contributed by atoms with Crippen LogP contribution < -0.4 is 16.0 Å². The fourth-order valence-corrected chi connectivity index (χ4v) is 1.52. The van der Waals surface area contributed by atoms with Gasteiger partial charge in [0.25, 0.3) is 5.91 Å². The highest BCUT2D eigenvalue weighted by Crippen LogP contribution is 2.20. The van der Waals surface area contributed by atoms with Crippen molar-refractivity contribution in [3.8, 4) is 5.75 Å². The Kier molecular flexibility index (Phi) is 3.76. The van der Waals surface area contributed by atoms with Gasteiger partial charge in [0.2, 0.25) is 0 Å². The molecule has 0 aliphatic carbocycles. The first-order valence-electron chi connectivity index (χ1n) is 5.47. The molecule has 1 amide bonds. The smallest absolute Gasteiger partial charge is 0.287 e. The van der Waals surface area contributed by atoms with E-state index in [0.29, 0.717) is 11.3 Å². The molecule has 0 unspecified atom stereocenters. The second-order valence-corrected chi connectivity index (χ2v) is 3.76. The summed E-state index contributed by atoms with van der Waals surface area (Å²) in [6, 6.07) is 5.97. The molecule has 1 heterocycles. The third-order valence-electron chi connectivity index (χ3n) is 2.54. The van der Waals surface area contributed by atoms with Crippen molar-refractivity contribution in [2.75, 3.05) is 0 Å². The number of para-hydroxylation sites is 1. The van der Waals surface area contributed by atoms with Crippen molar-refractivity contribution in [2.45, 2.75) is 13.5 Å². The van der Waals surface area contributed by atoms with Gasteiger partial charge in [-0.2, -0.15) is 0 Å². The largest absolute Gasteiger partial charge is 0.486 e. The molecule has 0 radical (unpaired) electrons. The summed E-state index contributed by atoms with van der Waals surface area (Å²) < 4.78 is 23.6. The van der Waals surface area contributed by atoms with Gasteiger partial charge in [0.15, 0.2) is 17.3 Å². The van der Waals surface area contributed by atoms with E-state index in [0.717, 1.165) is 0 Å². The number of nitrogens with one attached hydrogen (secondary N) is 1. The van der Waals surface area contributed by atoms with Gasteiger partial charge in [0.05, 0.1) is 5.56 Å². The topological polar surface area (TPSA) is 90.4 Å². The molecule has 100 valence electrons. The molecule has 6 nitrogen and oxygen atoms in total. The number of aryl methyl sites for hydroxylation is 1. The molecule has 0 saturated heterocycles. The Morgan fingerprint density at radius 1 is 1.53 bits per heavy atom. The van der Waals surface area contributed by atoms with E-state index in [1.165, 1.54) is 12.1 Å². The molecule has 2 rings (SSSR count). The van der Waals surface area contributed by atoms with E-state index in [-0.39, 0.29) is 18.1 Å². The molecule has 1 aromatic carbocycles. The van der Waals surface area contributed by atoms with Crippen LogP contribution in [0.1, 0.15) is 21.8 Å². The van der Waals surface area contributed by atoms with Crippen molar-refractivity contribution >= 4 is 5.91 Å². The molecular formula is C12H12FN3O3. The minimum absolute atomic E-state index is 0.0244. The maximum absolute atomic E-state index is 13.4. The molecule has 0 aliphatic heterocycles. The number of amides is 1. The van der Waals surface area contributed by atoms with Gasteiger partial charge in [-0.05, 0) is 19.1 Å². The van der Waals surface area contributed by atoms with Crippen LogP contribution in [0.4, 0.5) is 4.39 Å². The van der Waals surface area contributed by atoms with Gasteiger partial charge in [-0.3, -0.25) is 10.2 Å². The van der Waals surface area contributed by atoms with Crippen LogP contribution in [0.3, 0.4) is 0 Å². The molecule has 0 bridgehead atoms. The Bertz CT molecular complexity index is 598. The van der Waals surface area contributed by atoms with E-state index < -0.39 is 11.7 Å². The highest BCUT2D eigenvalue weighted by molar-refractivity contribution is 5.93. The zero-order valence-electron chi connectivity index (χ0n) is 10.1. The molecule has 19 heavy (non-hydrogen) atoms. The Labute approximate surface area is 108 Å². The van der Waals surface area contributed by atoms with Crippen molar-refractivity contribution in [1.29, 1.82) is 0 Å². The average Bonchev–Trinajstić information content (AvgIpc) is 2.78. The Morgan fingerprint density at radius 2 is 2.26 bits per heavy atom. The maximum atomic E-state index is 13.4. The molecule has 0 aliphatic rings. The van der Waals surface area contributed by atoms with Crippen molar-refractivity contribution in [1.82, 2.24) is 10.6 Å². The molecule has 0 saturated carbocycles. The van der Waals surface area contributed by atoms with Crippen LogP contribution in [0, 0.1) is 12.7 Å². The minimum atomic E-state index is -0.594. The van der Waals surface area contributed by atoms with Gasteiger partial charge in [0, 0.05) is 0 Å². The van der Waals surface area contributed by atoms with Gasteiger partial charge in [0.1, 0.15) is 12.4 Å². The number of nitrogens with zero attached hydrogens (tertiary/aromatic N) is 1. The van der Waals surface area contributed by atoms with Crippen molar-refractivity contribution < 1.29 is 18.4 Å². The fraction of sp³-hybridized carbons (Fsp3) is 0.167. The lowest BCUT2D eigenvalue weighted by Gasteiger charge is -2.06. The molecule has 0 fully saturated rings. The average molecular weight is 265 g/mol. The molecule has 0 atom stereocenters. The summed E-state index contributed by atoms with van der Waals surface area (Å²) in [4.78, 5) is 11.4. The van der Waals surface area contributed by atoms with Gasteiger partial charge in [-0.1, -0.05) is 17.3 Å². The second kappa shape index (κ2) is 5.49. The van der Waals surface area contributed by atoms with Crippen LogP contribution >= 0.6 is 0 Å². The number of benzene rings is 1. The first kappa shape index (κ1) is 13.0. The van der Waals surface area contributed by atoms with Gasteiger partial charge < -0.3 is 9.26 Å². The standard InChI is InChI=1S/C12H12FN3O3/c1-7-8(11(16-19-7)12(17)15-14)6-18-10-5-3-2-4-9(10)13/h2-5H,6,14H2,1H3,(H,15,17). The number of nitrogen functional groups attached to an aromatic ring is 1. The zero-order valence-corrected chi connectivity index (χ0v) is 10.1. The highest BCUT2D eigenvalue weighted by atomic mass is 19.1. The van der Waals surface area contributed by atoms with E-state index in [1.807, 2.05) is 5.43 Å². The number of ether oxygens (including phenoxy) is 1. The number of aromatic nitrogens is 1. The first-order chi connectivity index (χ1) is 9.13. The minimum Gasteiger partial charge on any atom is -0.486 e. The fourth-order valence-electron chi connectivity index (χ4n) is 1.52. The Hall–Kier alpha value is -2.41. The molecule has 1 aromatic heterocycles. The van der Waals surface area contributed by atoms with Crippen molar-refractivity contribution in [3.05, 3.63) is 47.1 Å². The molecular weight excluding hydrogens is 253 g/mol. The summed E-state index contributed by atoms with van der Waals surface area (Å²) in [6.07, 6.45) is 0. The number of nitrogens with two attached hydrogens (primary N) is 1. The highest BCUT2D eigenvalue weighted by Gasteiger charge is 2.19. The summed E-state index contributed by atoms with van der Waals surface area (Å²) in [6.45, 7) is 1.58. The first-order valence-corrected chi connectivity index (χ1v) is 5.47. The summed E-state index contributed by atoms with van der Waals surface area (Å²) in [5.41, 5.74) is 2.40. The number of halogens is 1. The molecule has 2 aromatic rings. The second-order valence-electron chi connectivity index (χ2n) is 3.76. The third kappa shape index (κ3) is 2.71. The van der Waals surface area contributed by atoms with Crippen LogP contribution in [0.15, 0.2) is 28.8 Å². The SMILES string of the molecule is Cc1onc(C(=O)NN)c1COc1ccccc1F. The summed E-state index contributed by atoms with van der Waals surface area (Å²) in [5.74, 6) is 4.45. The quantitative estimate of drug-likeness (QED) is 0.494. The molecule has 0 spiro atoms. The Morgan fingerprint density at radius 3 is 2.95 bits per heavy atom. The van der Waals surface area contributed by atoms with Crippen molar-refractivity contribution in [2.24, 2.45) is 5.84 Å². The predicted molar refractivity (Wildman–Crippen MR) is 63.6 cm³/mol. The number of hydrogen-bond acceptors (Lipinski definition) is 5. The number of hydrazine groups is 1.